The maximum Gasteiger partial charge on any atom is 0.250 e. The Kier molecular flexibility index (Phi) is 4.77. The molecule has 0 spiro atoms. The largest absolute Gasteiger partial charge is 0.356 e. The van der Waals surface area contributed by atoms with E-state index in [0.29, 0.717) is 32.5 Å². The van der Waals surface area contributed by atoms with Gasteiger partial charge in [0.15, 0.2) is 0 Å². The van der Waals surface area contributed by atoms with Gasteiger partial charge in [0.25, 0.3) is 5.56 Å². The normalized spacial score (nSPS) is 18.1. The molecule has 1 N–H and O–H groups in total. The number of likely N-dealkylation sites (tertiary alicyclic amines) is 1. The van der Waals surface area contributed by atoms with Crippen molar-refractivity contribution in [2.75, 3.05) is 20.1 Å². The third kappa shape index (κ3) is 3.71. The maximum absolute atomic E-state index is 11.9. The van der Waals surface area contributed by atoms with Crippen LogP contribution in [-0.2, 0) is 16.1 Å². The van der Waals surface area contributed by atoms with Crippen LogP contribution in [0.1, 0.15) is 18.5 Å². The first-order valence-corrected chi connectivity index (χ1v) is 7.17. The molecule has 0 aliphatic carbocycles. The Morgan fingerprint density at radius 3 is 2.76 bits per heavy atom. The van der Waals surface area contributed by atoms with E-state index in [-0.39, 0.29) is 23.3 Å². The number of carbonyl (C=O) groups is 2. The van der Waals surface area contributed by atoms with Gasteiger partial charge in [0, 0.05) is 44.9 Å². The average Bonchev–Trinajstić information content (AvgIpc) is 2.77. The minimum atomic E-state index is -0.247. The number of aromatic nitrogens is 1. The Morgan fingerprint density at radius 2 is 2.14 bits per heavy atom. The van der Waals surface area contributed by atoms with Gasteiger partial charge in [-0.1, -0.05) is 6.07 Å². The lowest BCUT2D eigenvalue weighted by molar-refractivity contribution is -0.128. The number of nitrogens with one attached hydrogen (secondary N) is 1. The van der Waals surface area contributed by atoms with Crippen LogP contribution >= 0.6 is 0 Å². The van der Waals surface area contributed by atoms with Gasteiger partial charge >= 0.3 is 0 Å². The number of hydrogen-bond acceptors (Lipinski definition) is 3. The highest BCUT2D eigenvalue weighted by Gasteiger charge is 2.31. The summed E-state index contributed by atoms with van der Waals surface area (Å²) < 4.78 is 1.69. The van der Waals surface area contributed by atoms with Gasteiger partial charge < -0.3 is 14.8 Å². The molecule has 2 heterocycles. The Labute approximate surface area is 123 Å². The zero-order valence-corrected chi connectivity index (χ0v) is 12.5. The molecule has 1 aromatic heterocycles. The molecule has 0 saturated carbocycles. The van der Waals surface area contributed by atoms with Gasteiger partial charge in [-0.15, -0.1) is 0 Å². The SMILES string of the molecule is Cc1cccc(=O)n1CCCNC(=O)[C@H]1CC(=O)N(C)C1. The summed E-state index contributed by atoms with van der Waals surface area (Å²) in [5.41, 5.74) is 0.890. The van der Waals surface area contributed by atoms with Crippen LogP contribution in [0.4, 0.5) is 0 Å². The topological polar surface area (TPSA) is 71.4 Å². The van der Waals surface area contributed by atoms with Crippen molar-refractivity contribution < 1.29 is 9.59 Å². The van der Waals surface area contributed by atoms with E-state index in [1.165, 1.54) is 6.07 Å². The first-order valence-electron chi connectivity index (χ1n) is 7.17. The molecule has 1 aliphatic heterocycles. The van der Waals surface area contributed by atoms with Gasteiger partial charge in [0.05, 0.1) is 5.92 Å². The van der Waals surface area contributed by atoms with E-state index in [2.05, 4.69) is 5.32 Å². The van der Waals surface area contributed by atoms with Gasteiger partial charge in [-0.3, -0.25) is 14.4 Å². The Hall–Kier alpha value is -2.11. The highest BCUT2D eigenvalue weighted by Crippen LogP contribution is 2.15. The minimum Gasteiger partial charge on any atom is -0.356 e. The van der Waals surface area contributed by atoms with Crippen LogP contribution in [0.3, 0.4) is 0 Å². The number of rotatable bonds is 5. The van der Waals surface area contributed by atoms with Gasteiger partial charge in [-0.25, -0.2) is 0 Å². The first kappa shape index (κ1) is 15.3. The zero-order chi connectivity index (χ0) is 15.4. The van der Waals surface area contributed by atoms with E-state index >= 15 is 0 Å². The van der Waals surface area contributed by atoms with Crippen molar-refractivity contribution in [2.45, 2.75) is 26.3 Å². The van der Waals surface area contributed by atoms with E-state index in [4.69, 9.17) is 0 Å². The van der Waals surface area contributed by atoms with Crippen molar-refractivity contribution in [3.63, 3.8) is 0 Å². The van der Waals surface area contributed by atoms with Crippen LogP contribution in [0.15, 0.2) is 23.0 Å². The number of amides is 2. The fraction of sp³-hybridized carbons (Fsp3) is 0.533. The monoisotopic (exact) mass is 291 g/mol. The van der Waals surface area contributed by atoms with E-state index < -0.39 is 0 Å². The standard InChI is InChI=1S/C15H21N3O3/c1-11-5-3-6-13(19)18(11)8-4-7-16-15(21)12-9-14(20)17(2)10-12/h3,5-6,12H,4,7-10H2,1-2H3,(H,16,21)/t12-/m0/s1. The van der Waals surface area contributed by atoms with E-state index in [9.17, 15) is 14.4 Å². The minimum absolute atomic E-state index is 0.0154. The van der Waals surface area contributed by atoms with Crippen molar-refractivity contribution >= 4 is 11.8 Å². The van der Waals surface area contributed by atoms with Gasteiger partial charge in [0.1, 0.15) is 0 Å². The fourth-order valence-electron chi connectivity index (χ4n) is 2.54. The molecule has 21 heavy (non-hydrogen) atoms. The molecule has 2 amide bonds. The summed E-state index contributed by atoms with van der Waals surface area (Å²) in [4.78, 5) is 36.6. The molecule has 2 rings (SSSR count). The van der Waals surface area contributed by atoms with Crippen molar-refractivity contribution in [1.29, 1.82) is 0 Å². The number of pyridine rings is 1. The lowest BCUT2D eigenvalue weighted by atomic mass is 10.1. The van der Waals surface area contributed by atoms with Crippen molar-refractivity contribution in [2.24, 2.45) is 5.92 Å². The molecule has 1 aromatic rings. The van der Waals surface area contributed by atoms with Crippen LogP contribution in [0.2, 0.25) is 0 Å². The average molecular weight is 291 g/mol. The quantitative estimate of drug-likeness (QED) is 0.785. The number of aryl methyl sites for hydroxylation is 1. The molecule has 0 bridgehead atoms. The fourth-order valence-corrected chi connectivity index (χ4v) is 2.54. The molecule has 0 unspecified atom stereocenters. The van der Waals surface area contributed by atoms with Crippen molar-refractivity contribution in [3.05, 3.63) is 34.2 Å². The van der Waals surface area contributed by atoms with E-state index in [0.717, 1.165) is 5.69 Å². The Morgan fingerprint density at radius 1 is 1.38 bits per heavy atom. The molecular weight excluding hydrogens is 270 g/mol. The molecule has 1 saturated heterocycles. The zero-order valence-electron chi connectivity index (χ0n) is 12.5. The molecule has 1 aliphatic rings. The Bertz CT molecular complexity index is 594. The van der Waals surface area contributed by atoms with Crippen LogP contribution in [0, 0.1) is 12.8 Å². The maximum atomic E-state index is 11.9. The molecular formula is C15H21N3O3. The summed E-state index contributed by atoms with van der Waals surface area (Å²) in [6.45, 7) is 3.46. The smallest absolute Gasteiger partial charge is 0.250 e. The molecule has 6 nitrogen and oxygen atoms in total. The van der Waals surface area contributed by atoms with Gasteiger partial charge in [0.2, 0.25) is 11.8 Å². The Balaban J connectivity index is 1.76. The summed E-state index contributed by atoms with van der Waals surface area (Å²) in [5.74, 6) is -0.310. The van der Waals surface area contributed by atoms with Gasteiger partial charge in [-0.05, 0) is 19.4 Å². The van der Waals surface area contributed by atoms with Crippen LogP contribution in [0.25, 0.3) is 0 Å². The second-order valence-corrected chi connectivity index (χ2v) is 5.48. The van der Waals surface area contributed by atoms with Gasteiger partial charge in [-0.2, -0.15) is 0 Å². The molecule has 1 fully saturated rings. The summed E-state index contributed by atoms with van der Waals surface area (Å²) in [6.07, 6.45) is 0.979. The van der Waals surface area contributed by atoms with Crippen LogP contribution in [-0.4, -0.2) is 41.4 Å². The first-order chi connectivity index (χ1) is 9.99. The molecule has 0 aromatic carbocycles. The number of hydrogen-bond donors (Lipinski definition) is 1. The summed E-state index contributed by atoms with van der Waals surface area (Å²) in [6, 6.07) is 5.16. The molecule has 1 atom stereocenters. The number of nitrogens with zero attached hydrogens (tertiary/aromatic N) is 2. The molecule has 6 heteroatoms. The van der Waals surface area contributed by atoms with Crippen LogP contribution < -0.4 is 10.9 Å². The summed E-state index contributed by atoms with van der Waals surface area (Å²) in [7, 11) is 1.71. The number of carbonyl (C=O) groups excluding carboxylic acids is 2. The van der Waals surface area contributed by atoms with E-state index in [1.54, 1.807) is 22.6 Å². The summed E-state index contributed by atoms with van der Waals surface area (Å²) in [5, 5.41) is 2.84. The lowest BCUT2D eigenvalue weighted by Gasteiger charge is -2.12. The second-order valence-electron chi connectivity index (χ2n) is 5.48. The molecule has 0 radical (unpaired) electrons. The highest BCUT2D eigenvalue weighted by molar-refractivity contribution is 5.89. The highest BCUT2D eigenvalue weighted by atomic mass is 16.2. The third-order valence-corrected chi connectivity index (χ3v) is 3.84. The molecule has 114 valence electrons. The van der Waals surface area contributed by atoms with Crippen LogP contribution in [0.5, 0.6) is 0 Å². The summed E-state index contributed by atoms with van der Waals surface area (Å²) >= 11 is 0. The lowest BCUT2D eigenvalue weighted by Crippen LogP contribution is -2.33. The predicted molar refractivity (Wildman–Crippen MR) is 78.8 cm³/mol. The second kappa shape index (κ2) is 6.56. The van der Waals surface area contributed by atoms with E-state index in [1.807, 2.05) is 13.0 Å². The van der Waals surface area contributed by atoms with Crippen molar-refractivity contribution in [1.82, 2.24) is 14.8 Å². The third-order valence-electron chi connectivity index (χ3n) is 3.84. The predicted octanol–water partition coefficient (Wildman–Crippen LogP) is 0.141. The van der Waals surface area contributed by atoms with Crippen molar-refractivity contribution in [3.8, 4) is 0 Å².